The highest BCUT2D eigenvalue weighted by molar-refractivity contribution is 7.89. The number of rotatable bonds is 6. The largest absolute Gasteiger partial charge is 0.365 e. The van der Waals surface area contributed by atoms with E-state index in [2.05, 4.69) is 15.3 Å². The first-order valence-corrected chi connectivity index (χ1v) is 12.7. The van der Waals surface area contributed by atoms with Crippen LogP contribution in [0.25, 0.3) is 0 Å². The Morgan fingerprint density at radius 3 is 2.61 bits per heavy atom. The molecule has 2 aliphatic rings. The van der Waals surface area contributed by atoms with Crippen molar-refractivity contribution in [3.63, 3.8) is 0 Å². The lowest BCUT2D eigenvalue weighted by Crippen LogP contribution is -2.43. The van der Waals surface area contributed by atoms with Gasteiger partial charge in [0.1, 0.15) is 11.4 Å². The highest BCUT2D eigenvalue weighted by atomic mass is 32.2. The maximum atomic E-state index is 13.3. The van der Waals surface area contributed by atoms with Crippen LogP contribution in [0.1, 0.15) is 48.0 Å². The van der Waals surface area contributed by atoms with E-state index in [1.54, 1.807) is 29.4 Å². The van der Waals surface area contributed by atoms with Gasteiger partial charge in [-0.25, -0.2) is 13.4 Å². The number of hydrogen-bond acceptors (Lipinski definition) is 8. The molecule has 11 heteroatoms. The molecule has 33 heavy (non-hydrogen) atoms. The first-order chi connectivity index (χ1) is 15.8. The van der Waals surface area contributed by atoms with Crippen molar-refractivity contribution in [2.24, 2.45) is 11.5 Å². The van der Waals surface area contributed by atoms with Crippen LogP contribution in [0.15, 0.2) is 29.3 Å². The van der Waals surface area contributed by atoms with Crippen LogP contribution in [0.2, 0.25) is 0 Å². The quantitative estimate of drug-likeness (QED) is 0.574. The molecular formula is C22H31N7O3S. The smallest absolute Gasteiger partial charge is 0.254 e. The molecule has 10 nitrogen and oxygen atoms in total. The zero-order valence-corrected chi connectivity index (χ0v) is 19.6. The van der Waals surface area contributed by atoms with Gasteiger partial charge in [0.25, 0.3) is 5.91 Å². The fourth-order valence-corrected chi connectivity index (χ4v) is 6.10. The van der Waals surface area contributed by atoms with Gasteiger partial charge in [0.05, 0.1) is 4.90 Å². The number of amides is 1. The number of carbonyl (C=O) groups is 1. The van der Waals surface area contributed by atoms with Gasteiger partial charge in [0, 0.05) is 44.1 Å². The van der Waals surface area contributed by atoms with Gasteiger partial charge in [0.15, 0.2) is 0 Å². The lowest BCUT2D eigenvalue weighted by molar-refractivity contribution is 0.100. The van der Waals surface area contributed by atoms with E-state index in [9.17, 15) is 13.2 Å². The van der Waals surface area contributed by atoms with Crippen LogP contribution in [0, 0.1) is 6.92 Å². The minimum absolute atomic E-state index is 0.0363. The molecule has 5 N–H and O–H groups in total. The van der Waals surface area contributed by atoms with Gasteiger partial charge in [0.2, 0.25) is 16.0 Å². The second-order valence-corrected chi connectivity index (χ2v) is 10.6. The summed E-state index contributed by atoms with van der Waals surface area (Å²) in [6.07, 6.45) is 6.04. The predicted molar refractivity (Wildman–Crippen MR) is 127 cm³/mol. The normalized spacial score (nSPS) is 19.9. The Labute approximate surface area is 194 Å². The number of aromatic nitrogens is 2. The third-order valence-corrected chi connectivity index (χ3v) is 8.21. The average molecular weight is 474 g/mol. The van der Waals surface area contributed by atoms with Crippen LogP contribution < -0.4 is 21.7 Å². The number of anilines is 3. The second kappa shape index (κ2) is 9.62. The second-order valence-electron chi connectivity index (χ2n) is 8.71. The van der Waals surface area contributed by atoms with Gasteiger partial charge in [-0.3, -0.25) is 4.79 Å². The Kier molecular flexibility index (Phi) is 6.82. The molecule has 1 aromatic carbocycles. The summed E-state index contributed by atoms with van der Waals surface area (Å²) in [6, 6.07) is 5.13. The third kappa shape index (κ3) is 5.10. The summed E-state index contributed by atoms with van der Waals surface area (Å²) in [5.41, 5.74) is 12.9. The summed E-state index contributed by atoms with van der Waals surface area (Å²) in [5, 5.41) is 3.09. The van der Waals surface area contributed by atoms with Crippen molar-refractivity contribution in [2.75, 3.05) is 36.4 Å². The molecule has 0 bridgehead atoms. The molecule has 2 saturated heterocycles. The van der Waals surface area contributed by atoms with Crippen LogP contribution >= 0.6 is 0 Å². The SMILES string of the molecule is Cc1ccc(Nc2nc(N3CCCC(N)C3)ncc2C(N)=O)cc1S(=O)(=O)N1CCCCC1. The summed E-state index contributed by atoms with van der Waals surface area (Å²) in [6.45, 7) is 4.22. The van der Waals surface area contributed by atoms with E-state index in [0.717, 1.165) is 38.6 Å². The first-order valence-electron chi connectivity index (χ1n) is 11.3. The van der Waals surface area contributed by atoms with E-state index >= 15 is 0 Å². The van der Waals surface area contributed by atoms with Crippen molar-refractivity contribution in [3.8, 4) is 0 Å². The summed E-state index contributed by atoms with van der Waals surface area (Å²) in [4.78, 5) is 23.1. The lowest BCUT2D eigenvalue weighted by atomic mass is 10.1. The molecule has 1 unspecified atom stereocenters. The standard InChI is InChI=1S/C22H31N7O3S/c1-15-7-8-17(12-19(15)33(31,32)29-10-3-2-4-11-29)26-21-18(20(24)30)13-25-22(27-21)28-9-5-6-16(23)14-28/h7-8,12-13,16H,2-6,9-11,14,23H2,1H3,(H2,24,30)(H,25,26,27). The van der Waals surface area contributed by atoms with Gasteiger partial charge in [-0.2, -0.15) is 9.29 Å². The van der Waals surface area contributed by atoms with E-state index in [-0.39, 0.29) is 22.3 Å². The zero-order chi connectivity index (χ0) is 23.6. The number of carbonyl (C=O) groups excluding carboxylic acids is 1. The molecule has 0 radical (unpaired) electrons. The van der Waals surface area contributed by atoms with E-state index in [0.29, 0.717) is 36.8 Å². The molecule has 1 atom stereocenters. The van der Waals surface area contributed by atoms with Gasteiger partial charge in [-0.05, 0) is 50.3 Å². The summed E-state index contributed by atoms with van der Waals surface area (Å²) in [5.74, 6) is 0.00964. The van der Waals surface area contributed by atoms with E-state index in [4.69, 9.17) is 11.5 Å². The monoisotopic (exact) mass is 473 g/mol. The molecule has 2 aliphatic heterocycles. The number of hydrogen-bond donors (Lipinski definition) is 3. The number of primary amides is 1. The number of benzene rings is 1. The molecule has 1 amide bonds. The maximum absolute atomic E-state index is 13.3. The predicted octanol–water partition coefficient (Wildman–Crippen LogP) is 1.73. The topological polar surface area (TPSA) is 148 Å². The molecule has 2 fully saturated rings. The summed E-state index contributed by atoms with van der Waals surface area (Å²) >= 11 is 0. The summed E-state index contributed by atoms with van der Waals surface area (Å²) < 4.78 is 28.1. The van der Waals surface area contributed by atoms with E-state index < -0.39 is 15.9 Å². The molecule has 4 rings (SSSR count). The van der Waals surface area contributed by atoms with E-state index in [1.807, 2.05) is 4.90 Å². The van der Waals surface area contributed by atoms with Crippen molar-refractivity contribution in [1.82, 2.24) is 14.3 Å². The van der Waals surface area contributed by atoms with Gasteiger partial charge in [-0.1, -0.05) is 12.5 Å². The number of aryl methyl sites for hydroxylation is 1. The van der Waals surface area contributed by atoms with Gasteiger partial charge in [-0.15, -0.1) is 0 Å². The Hall–Kier alpha value is -2.76. The zero-order valence-electron chi connectivity index (χ0n) is 18.8. The third-order valence-electron chi connectivity index (χ3n) is 6.17. The van der Waals surface area contributed by atoms with Crippen LogP contribution in [0.5, 0.6) is 0 Å². The Bertz CT molecular complexity index is 1130. The Balaban J connectivity index is 1.66. The van der Waals surface area contributed by atoms with Crippen molar-refractivity contribution >= 4 is 33.4 Å². The fourth-order valence-electron chi connectivity index (χ4n) is 4.33. The van der Waals surface area contributed by atoms with Gasteiger partial charge < -0.3 is 21.7 Å². The Morgan fingerprint density at radius 2 is 1.91 bits per heavy atom. The number of nitrogens with one attached hydrogen (secondary N) is 1. The molecule has 178 valence electrons. The molecule has 0 saturated carbocycles. The lowest BCUT2D eigenvalue weighted by Gasteiger charge is -2.31. The maximum Gasteiger partial charge on any atom is 0.254 e. The van der Waals surface area contributed by atoms with Crippen LogP contribution in [-0.4, -0.2) is 60.8 Å². The van der Waals surface area contributed by atoms with Gasteiger partial charge >= 0.3 is 0 Å². The highest BCUT2D eigenvalue weighted by Crippen LogP contribution is 2.28. The molecule has 1 aromatic heterocycles. The van der Waals surface area contributed by atoms with Crippen LogP contribution in [-0.2, 0) is 10.0 Å². The average Bonchev–Trinajstić information content (AvgIpc) is 2.80. The van der Waals surface area contributed by atoms with Crippen molar-refractivity contribution in [2.45, 2.75) is 50.0 Å². The van der Waals surface area contributed by atoms with E-state index in [1.165, 1.54) is 6.20 Å². The van der Waals surface area contributed by atoms with Crippen molar-refractivity contribution in [1.29, 1.82) is 0 Å². The number of nitrogens with two attached hydrogens (primary N) is 2. The molecule has 0 aliphatic carbocycles. The number of sulfonamides is 1. The molecule has 2 aromatic rings. The molecule has 3 heterocycles. The molecular weight excluding hydrogens is 442 g/mol. The van der Waals surface area contributed by atoms with Crippen molar-refractivity contribution in [3.05, 3.63) is 35.5 Å². The first kappa shape index (κ1) is 23.4. The van der Waals surface area contributed by atoms with Crippen LogP contribution in [0.3, 0.4) is 0 Å². The fraction of sp³-hybridized carbons (Fsp3) is 0.500. The van der Waals surface area contributed by atoms with Crippen molar-refractivity contribution < 1.29 is 13.2 Å². The minimum atomic E-state index is -3.62. The molecule has 0 spiro atoms. The Morgan fingerprint density at radius 1 is 1.15 bits per heavy atom. The highest BCUT2D eigenvalue weighted by Gasteiger charge is 2.28. The van der Waals surface area contributed by atoms with Crippen LogP contribution in [0.4, 0.5) is 17.5 Å². The number of piperidine rings is 2. The summed E-state index contributed by atoms with van der Waals surface area (Å²) in [7, 11) is -3.62. The minimum Gasteiger partial charge on any atom is -0.365 e. The number of nitrogens with zero attached hydrogens (tertiary/aromatic N) is 4.